The highest BCUT2D eigenvalue weighted by Gasteiger charge is 2.11. The number of rotatable bonds is 5. The highest BCUT2D eigenvalue weighted by molar-refractivity contribution is 6.30. The van der Waals surface area contributed by atoms with Crippen molar-refractivity contribution in [2.24, 2.45) is 0 Å². The molecule has 7 nitrogen and oxygen atoms in total. The number of anilines is 1. The number of aromatic nitrogens is 6. The van der Waals surface area contributed by atoms with Gasteiger partial charge in [0.2, 0.25) is 0 Å². The Hall–Kier alpha value is -2.15. The lowest BCUT2D eigenvalue weighted by atomic mass is 10.3. The van der Waals surface area contributed by atoms with Crippen LogP contribution in [0.3, 0.4) is 0 Å². The normalized spacial score (nSPS) is 11.1. The van der Waals surface area contributed by atoms with Crippen LogP contribution < -0.4 is 5.32 Å². The summed E-state index contributed by atoms with van der Waals surface area (Å²) >= 11 is 6.10. The topological polar surface area (TPSA) is 72.9 Å². The van der Waals surface area contributed by atoms with Crippen LogP contribution in [-0.4, -0.2) is 35.7 Å². The van der Waals surface area contributed by atoms with Crippen molar-refractivity contribution in [2.75, 3.05) is 11.9 Å². The molecule has 104 valence electrons. The van der Waals surface area contributed by atoms with E-state index in [2.05, 4.69) is 25.4 Å². The number of nitrogens with zero attached hydrogens (tertiary/aromatic N) is 6. The molecule has 0 unspecified atom stereocenters. The molecular formula is C12H14ClN7. The maximum Gasteiger partial charge on any atom is 0.255 e. The predicted molar refractivity (Wildman–Crippen MR) is 75.9 cm³/mol. The van der Waals surface area contributed by atoms with E-state index >= 15 is 0 Å². The zero-order valence-corrected chi connectivity index (χ0v) is 11.7. The second-order valence-electron chi connectivity index (χ2n) is 4.43. The third kappa shape index (κ3) is 2.44. The van der Waals surface area contributed by atoms with Crippen LogP contribution in [-0.2, 0) is 6.54 Å². The molecule has 0 aromatic carbocycles. The molecule has 1 N–H and O–H groups in total. The Morgan fingerprint density at radius 1 is 1.40 bits per heavy atom. The number of hydrogen-bond donors (Lipinski definition) is 1. The van der Waals surface area contributed by atoms with Gasteiger partial charge in [-0.15, -0.1) is 0 Å². The van der Waals surface area contributed by atoms with E-state index in [1.807, 2.05) is 24.0 Å². The first-order valence-corrected chi connectivity index (χ1v) is 6.69. The van der Waals surface area contributed by atoms with Crippen LogP contribution in [0, 0.1) is 6.92 Å². The predicted octanol–water partition coefficient (Wildman–Crippen LogP) is 1.78. The van der Waals surface area contributed by atoms with E-state index in [0.717, 1.165) is 30.9 Å². The summed E-state index contributed by atoms with van der Waals surface area (Å²) in [4.78, 5) is 12.2. The molecule has 0 saturated heterocycles. The van der Waals surface area contributed by atoms with Gasteiger partial charge in [-0.1, -0.05) is 11.6 Å². The van der Waals surface area contributed by atoms with Crippen LogP contribution in [0.25, 0.3) is 5.78 Å². The summed E-state index contributed by atoms with van der Waals surface area (Å²) in [6.45, 7) is 3.62. The van der Waals surface area contributed by atoms with E-state index in [9.17, 15) is 0 Å². The van der Waals surface area contributed by atoms with Crippen LogP contribution in [0.1, 0.15) is 12.0 Å². The van der Waals surface area contributed by atoms with Gasteiger partial charge < -0.3 is 9.88 Å². The number of nitrogens with one attached hydrogen (secondary N) is 1. The van der Waals surface area contributed by atoms with E-state index < -0.39 is 0 Å². The number of aryl methyl sites for hydroxylation is 1. The first-order valence-electron chi connectivity index (χ1n) is 6.31. The van der Waals surface area contributed by atoms with Gasteiger partial charge in [0.05, 0.1) is 6.33 Å². The molecule has 0 aliphatic carbocycles. The lowest BCUT2D eigenvalue weighted by molar-refractivity contribution is 0.658. The second-order valence-corrected chi connectivity index (χ2v) is 4.79. The zero-order valence-electron chi connectivity index (χ0n) is 11.0. The Morgan fingerprint density at radius 2 is 2.30 bits per heavy atom. The Morgan fingerprint density at radius 3 is 3.10 bits per heavy atom. The van der Waals surface area contributed by atoms with Gasteiger partial charge in [-0.25, -0.2) is 4.98 Å². The van der Waals surface area contributed by atoms with E-state index in [1.165, 1.54) is 6.33 Å². The molecule has 0 radical (unpaired) electrons. The first-order chi connectivity index (χ1) is 9.75. The van der Waals surface area contributed by atoms with Gasteiger partial charge in [-0.2, -0.15) is 19.6 Å². The summed E-state index contributed by atoms with van der Waals surface area (Å²) in [5, 5.41) is 7.95. The van der Waals surface area contributed by atoms with Gasteiger partial charge in [-0.3, -0.25) is 0 Å². The molecule has 3 aromatic rings. The number of imidazole rings is 1. The Bertz CT molecular complexity index is 704. The molecule has 0 saturated carbocycles. The summed E-state index contributed by atoms with van der Waals surface area (Å²) in [6, 6.07) is 0. The Kier molecular flexibility index (Phi) is 3.51. The maximum absolute atomic E-state index is 6.10. The molecule has 20 heavy (non-hydrogen) atoms. The minimum atomic E-state index is 0.447. The summed E-state index contributed by atoms with van der Waals surface area (Å²) in [6.07, 6.45) is 7.97. The first kappa shape index (κ1) is 12.9. The average molecular weight is 292 g/mol. The molecule has 0 spiro atoms. The highest BCUT2D eigenvalue weighted by atomic mass is 35.5. The molecule has 0 bridgehead atoms. The molecule has 0 fully saturated rings. The molecule has 3 aromatic heterocycles. The van der Waals surface area contributed by atoms with Crippen molar-refractivity contribution in [3.8, 4) is 0 Å². The van der Waals surface area contributed by atoms with Crippen LogP contribution in [0.2, 0.25) is 5.15 Å². The van der Waals surface area contributed by atoms with Crippen molar-refractivity contribution in [1.82, 2.24) is 29.1 Å². The largest absolute Gasteiger partial charge is 0.370 e. The fourth-order valence-electron chi connectivity index (χ4n) is 1.99. The fourth-order valence-corrected chi connectivity index (χ4v) is 2.16. The minimum Gasteiger partial charge on any atom is -0.370 e. The highest BCUT2D eigenvalue weighted by Crippen LogP contribution is 2.21. The second kappa shape index (κ2) is 5.46. The van der Waals surface area contributed by atoms with Crippen molar-refractivity contribution >= 4 is 23.2 Å². The molecule has 8 heteroatoms. The van der Waals surface area contributed by atoms with Crippen molar-refractivity contribution in [3.05, 3.63) is 35.8 Å². The lowest BCUT2D eigenvalue weighted by Gasteiger charge is -2.11. The Balaban J connectivity index is 1.70. The molecule has 0 aliphatic rings. The summed E-state index contributed by atoms with van der Waals surface area (Å²) in [7, 11) is 0. The van der Waals surface area contributed by atoms with Crippen molar-refractivity contribution < 1.29 is 0 Å². The van der Waals surface area contributed by atoms with Crippen molar-refractivity contribution in [2.45, 2.75) is 19.9 Å². The molecule has 3 heterocycles. The van der Waals surface area contributed by atoms with Crippen molar-refractivity contribution in [1.29, 1.82) is 0 Å². The van der Waals surface area contributed by atoms with E-state index in [0.29, 0.717) is 10.9 Å². The third-order valence-electron chi connectivity index (χ3n) is 3.05. The average Bonchev–Trinajstić information content (AvgIpc) is 3.09. The van der Waals surface area contributed by atoms with Crippen LogP contribution in [0.5, 0.6) is 0 Å². The standard InChI is InChI=1S/C12H14ClN7/c1-9-10(13)18-12-16-7-17-20(12)11(9)15-3-2-5-19-6-4-14-8-19/h4,6-8,15H,2-3,5H2,1H3. The quantitative estimate of drug-likeness (QED) is 0.573. The van der Waals surface area contributed by atoms with Gasteiger partial charge in [0.25, 0.3) is 5.78 Å². The summed E-state index contributed by atoms with van der Waals surface area (Å²) in [5.74, 6) is 1.33. The number of fused-ring (bicyclic) bond motifs is 1. The molecule has 0 atom stereocenters. The monoisotopic (exact) mass is 291 g/mol. The van der Waals surface area contributed by atoms with Gasteiger partial charge in [0.15, 0.2) is 0 Å². The van der Waals surface area contributed by atoms with Gasteiger partial charge in [-0.05, 0) is 13.3 Å². The van der Waals surface area contributed by atoms with E-state index in [4.69, 9.17) is 11.6 Å². The molecule has 3 rings (SSSR count). The number of halogens is 1. The third-order valence-corrected chi connectivity index (χ3v) is 3.42. The Labute approximate surface area is 120 Å². The lowest BCUT2D eigenvalue weighted by Crippen LogP contribution is -2.11. The van der Waals surface area contributed by atoms with Gasteiger partial charge in [0.1, 0.15) is 17.3 Å². The summed E-state index contributed by atoms with van der Waals surface area (Å²) in [5.41, 5.74) is 0.868. The fraction of sp³-hybridized carbons (Fsp3) is 0.333. The van der Waals surface area contributed by atoms with E-state index in [1.54, 1.807) is 10.7 Å². The molecular weight excluding hydrogens is 278 g/mol. The zero-order chi connectivity index (χ0) is 13.9. The SMILES string of the molecule is Cc1c(Cl)nc2ncnn2c1NCCCn1ccnc1. The smallest absolute Gasteiger partial charge is 0.255 e. The van der Waals surface area contributed by atoms with Crippen molar-refractivity contribution in [3.63, 3.8) is 0 Å². The van der Waals surface area contributed by atoms with Gasteiger partial charge in [0, 0.05) is 31.0 Å². The molecule has 0 aliphatic heterocycles. The summed E-state index contributed by atoms with van der Waals surface area (Å²) < 4.78 is 3.71. The van der Waals surface area contributed by atoms with E-state index in [-0.39, 0.29) is 0 Å². The van der Waals surface area contributed by atoms with Crippen LogP contribution in [0.15, 0.2) is 25.0 Å². The minimum absolute atomic E-state index is 0.447. The van der Waals surface area contributed by atoms with Crippen LogP contribution in [0.4, 0.5) is 5.82 Å². The number of hydrogen-bond acceptors (Lipinski definition) is 5. The maximum atomic E-state index is 6.10. The molecule has 0 amide bonds. The van der Waals surface area contributed by atoms with Gasteiger partial charge >= 0.3 is 0 Å². The van der Waals surface area contributed by atoms with Crippen LogP contribution >= 0.6 is 11.6 Å².